The molecule has 1 aliphatic rings. The molecule has 0 aliphatic carbocycles. The molecule has 47 heavy (non-hydrogen) atoms. The maximum Gasteiger partial charge on any atom is 0.326 e. The molecule has 6 rings (SSSR count). The van der Waals surface area contributed by atoms with Gasteiger partial charge in [-0.1, -0.05) is 23.7 Å². The Morgan fingerprint density at radius 1 is 1.02 bits per heavy atom. The van der Waals surface area contributed by atoms with Crippen molar-refractivity contribution in [3.8, 4) is 5.88 Å². The second kappa shape index (κ2) is 12.6. The monoisotopic (exact) mass is 656 g/mol. The van der Waals surface area contributed by atoms with Crippen molar-refractivity contribution in [1.29, 1.82) is 0 Å². The van der Waals surface area contributed by atoms with Crippen molar-refractivity contribution in [3.05, 3.63) is 98.3 Å². The van der Waals surface area contributed by atoms with E-state index in [-0.39, 0.29) is 29.1 Å². The Balaban J connectivity index is 1.33. The van der Waals surface area contributed by atoms with Crippen LogP contribution in [0.1, 0.15) is 36.8 Å². The zero-order valence-corrected chi connectivity index (χ0v) is 26.7. The molecule has 1 fully saturated rings. The maximum atomic E-state index is 13.5. The van der Waals surface area contributed by atoms with Crippen LogP contribution in [0.4, 0.5) is 22.0 Å². The van der Waals surface area contributed by atoms with Gasteiger partial charge >= 0.3 is 11.7 Å². The number of hydrogen-bond acceptors (Lipinski definition) is 8. The second-order valence-corrected chi connectivity index (χ2v) is 12.5. The normalized spacial score (nSPS) is 14.6. The Labute approximate surface area is 273 Å². The first-order chi connectivity index (χ1) is 22.4. The van der Waals surface area contributed by atoms with E-state index in [1.165, 1.54) is 10.7 Å². The maximum absolute atomic E-state index is 13.5. The minimum Gasteiger partial charge on any atom is -0.493 e. The van der Waals surface area contributed by atoms with Crippen LogP contribution in [0.25, 0.3) is 11.7 Å². The van der Waals surface area contributed by atoms with Crippen LogP contribution < -0.4 is 27.0 Å². The summed E-state index contributed by atoms with van der Waals surface area (Å²) >= 11 is 6.20. The Bertz CT molecular complexity index is 2160. The summed E-state index contributed by atoms with van der Waals surface area (Å²) in [6.07, 6.45) is 3.08. The number of rotatable bonds is 5. The van der Waals surface area contributed by atoms with Gasteiger partial charge in [0.1, 0.15) is 11.5 Å². The predicted octanol–water partition coefficient (Wildman–Crippen LogP) is 2.89. The third-order valence-electron chi connectivity index (χ3n) is 7.29. The molecule has 14 nitrogen and oxygen atoms in total. The topological polar surface area (TPSA) is 176 Å². The average molecular weight is 657 g/mol. The third-order valence-corrected chi connectivity index (χ3v) is 7.52. The van der Waals surface area contributed by atoms with Gasteiger partial charge in [-0.3, -0.25) is 9.78 Å². The lowest BCUT2D eigenvalue weighted by molar-refractivity contribution is 0.0661. The number of aromatic nitrogens is 5. The highest BCUT2D eigenvalue weighted by molar-refractivity contribution is 6.30. The Hall–Kier alpha value is -5.63. The number of amides is 3. The summed E-state index contributed by atoms with van der Waals surface area (Å²) in [4.78, 5) is 55.6. The molecule has 5 aromatic rings. The number of nitrogens with one attached hydrogen (secondary N) is 4. The van der Waals surface area contributed by atoms with Crippen molar-refractivity contribution in [2.24, 2.45) is 4.99 Å². The first-order valence-electron chi connectivity index (χ1n) is 14.9. The number of carbonyl (C=O) groups excluding carboxylic acids is 2. The standard InChI is InChI=1S/C32H33ClN10O4/c1-32(2,3)40-31(47)42-12-10-41(11-13-42)29(45)19-6-4-8-22(14-19)36-26-17-25(35-23-9-5-7-21(33)16-23)38-27-20(18-34-43(26)27)15-24-28(44)39-30(46)37-24/h4-9,14-18,35,44H,10-13H2,1-3H3,(H,40,47)(H2,37,39,46). The molecule has 15 heteroatoms. The first kappa shape index (κ1) is 31.4. The van der Waals surface area contributed by atoms with Crippen molar-refractivity contribution >= 4 is 52.5 Å². The SMILES string of the molecule is CC(C)(C)NC(=O)N1CCN(C(=O)c2cccc(N=c3cc(Nc4cccc(Cl)c4)nc4c(=Cc5[nH]c(=O)[nH]c5O)cnn34)c2)CC1. The number of halogens is 1. The lowest BCUT2D eigenvalue weighted by Gasteiger charge is -2.36. The molecular formula is C32H33ClN10O4. The minimum atomic E-state index is -0.556. The summed E-state index contributed by atoms with van der Waals surface area (Å²) in [5.41, 5.74) is 1.71. The lowest BCUT2D eigenvalue weighted by atomic mass is 10.1. The molecular weight excluding hydrogens is 624 g/mol. The van der Waals surface area contributed by atoms with Gasteiger partial charge in [-0.05, 0) is 63.2 Å². The summed E-state index contributed by atoms with van der Waals surface area (Å²) < 4.78 is 1.52. The number of carbonyl (C=O) groups is 2. The summed E-state index contributed by atoms with van der Waals surface area (Å²) in [5, 5.41) is 21.8. The predicted molar refractivity (Wildman–Crippen MR) is 177 cm³/mol. The first-order valence-corrected chi connectivity index (χ1v) is 15.3. The molecule has 1 aliphatic heterocycles. The van der Waals surface area contributed by atoms with Gasteiger partial charge in [0, 0.05) is 59.3 Å². The number of urea groups is 1. The van der Waals surface area contributed by atoms with Gasteiger partial charge in [0.05, 0.1) is 11.9 Å². The minimum absolute atomic E-state index is 0.143. The number of hydrogen-bond donors (Lipinski definition) is 5. The quantitative estimate of drug-likeness (QED) is 0.193. The number of H-pyrrole nitrogens is 2. The summed E-state index contributed by atoms with van der Waals surface area (Å²) in [6, 6.07) is 15.7. The molecule has 4 heterocycles. The number of nitrogens with zero attached hydrogens (tertiary/aromatic N) is 6. The highest BCUT2D eigenvalue weighted by Crippen LogP contribution is 2.20. The van der Waals surface area contributed by atoms with Gasteiger partial charge in [-0.2, -0.15) is 9.61 Å². The fourth-order valence-corrected chi connectivity index (χ4v) is 5.30. The van der Waals surface area contributed by atoms with Crippen molar-refractivity contribution in [2.45, 2.75) is 26.3 Å². The molecule has 0 radical (unpaired) electrons. The Kier molecular flexibility index (Phi) is 8.43. The molecule has 1 saturated heterocycles. The molecule has 3 aromatic heterocycles. The number of piperazine rings is 1. The molecule has 0 spiro atoms. The number of anilines is 2. The van der Waals surface area contributed by atoms with E-state index in [1.54, 1.807) is 64.4 Å². The fraction of sp³-hybridized carbons (Fsp3) is 0.250. The van der Waals surface area contributed by atoms with Crippen LogP contribution in [0, 0.1) is 0 Å². The van der Waals surface area contributed by atoms with E-state index in [0.717, 1.165) is 0 Å². The van der Waals surface area contributed by atoms with Gasteiger partial charge in [0.15, 0.2) is 11.1 Å². The number of fused-ring (bicyclic) bond motifs is 1. The largest absolute Gasteiger partial charge is 0.493 e. The van der Waals surface area contributed by atoms with Gasteiger partial charge in [0.25, 0.3) is 5.91 Å². The van der Waals surface area contributed by atoms with E-state index in [2.05, 4.69) is 25.7 Å². The lowest BCUT2D eigenvalue weighted by Crippen LogP contribution is -2.56. The van der Waals surface area contributed by atoms with Crippen molar-refractivity contribution in [3.63, 3.8) is 0 Å². The van der Waals surface area contributed by atoms with E-state index < -0.39 is 5.69 Å². The van der Waals surface area contributed by atoms with Crippen LogP contribution in [0.15, 0.2) is 70.6 Å². The van der Waals surface area contributed by atoms with E-state index in [1.807, 2.05) is 26.8 Å². The smallest absolute Gasteiger partial charge is 0.326 e. The number of benzene rings is 2. The van der Waals surface area contributed by atoms with Crippen LogP contribution in [0.2, 0.25) is 5.02 Å². The van der Waals surface area contributed by atoms with Crippen molar-refractivity contribution in [2.75, 3.05) is 31.5 Å². The molecule has 3 amide bonds. The van der Waals surface area contributed by atoms with Crippen molar-refractivity contribution < 1.29 is 14.7 Å². The Morgan fingerprint density at radius 3 is 2.47 bits per heavy atom. The van der Waals surface area contributed by atoms with Crippen LogP contribution in [0.5, 0.6) is 5.88 Å². The van der Waals surface area contributed by atoms with Crippen LogP contribution in [-0.2, 0) is 0 Å². The second-order valence-electron chi connectivity index (χ2n) is 12.1. The number of aromatic amines is 2. The highest BCUT2D eigenvalue weighted by atomic mass is 35.5. The van der Waals surface area contributed by atoms with Crippen LogP contribution in [0.3, 0.4) is 0 Å². The molecule has 0 unspecified atom stereocenters. The van der Waals surface area contributed by atoms with E-state index in [4.69, 9.17) is 21.6 Å². The average Bonchev–Trinajstić information content (AvgIpc) is 3.57. The molecule has 242 valence electrons. The number of aromatic hydroxyl groups is 1. The van der Waals surface area contributed by atoms with Gasteiger partial charge < -0.3 is 30.5 Å². The van der Waals surface area contributed by atoms with Crippen LogP contribution >= 0.6 is 11.6 Å². The van der Waals surface area contributed by atoms with E-state index in [0.29, 0.717) is 70.3 Å². The summed E-state index contributed by atoms with van der Waals surface area (Å²) in [7, 11) is 0. The molecule has 0 atom stereocenters. The summed E-state index contributed by atoms with van der Waals surface area (Å²) in [5.74, 6) is -0.0398. The molecule has 0 bridgehead atoms. The van der Waals surface area contributed by atoms with Crippen LogP contribution in [-0.4, -0.2) is 83.1 Å². The number of imidazole rings is 1. The van der Waals surface area contributed by atoms with Gasteiger partial charge in [-0.25, -0.2) is 19.6 Å². The molecule has 0 saturated carbocycles. The molecule has 2 aromatic carbocycles. The highest BCUT2D eigenvalue weighted by Gasteiger charge is 2.26. The summed E-state index contributed by atoms with van der Waals surface area (Å²) in [6.45, 7) is 7.48. The van der Waals surface area contributed by atoms with Gasteiger partial charge in [-0.15, -0.1) is 0 Å². The van der Waals surface area contributed by atoms with Crippen molar-refractivity contribution in [1.82, 2.24) is 39.7 Å². The van der Waals surface area contributed by atoms with E-state index >= 15 is 0 Å². The van der Waals surface area contributed by atoms with Gasteiger partial charge in [0.2, 0.25) is 5.88 Å². The third kappa shape index (κ3) is 7.28. The zero-order chi connectivity index (χ0) is 33.3. The fourth-order valence-electron chi connectivity index (χ4n) is 5.11. The van der Waals surface area contributed by atoms with E-state index in [9.17, 15) is 19.5 Å². The Morgan fingerprint density at radius 2 is 1.77 bits per heavy atom. The zero-order valence-electron chi connectivity index (χ0n) is 25.9. The molecule has 5 N–H and O–H groups in total.